The van der Waals surface area contributed by atoms with E-state index in [1.165, 1.54) is 0 Å². The first-order valence-corrected chi connectivity index (χ1v) is 13.5. The van der Waals surface area contributed by atoms with Crippen molar-refractivity contribution in [1.29, 1.82) is 0 Å². The minimum Gasteiger partial charge on any atom is -0.426 e. The van der Waals surface area contributed by atoms with Crippen LogP contribution in [-0.4, -0.2) is 103 Å². The molecule has 0 fully saturated rings. The fourth-order valence-electron chi connectivity index (χ4n) is 4.33. The van der Waals surface area contributed by atoms with Gasteiger partial charge in [-0.25, -0.2) is 9.46 Å². The van der Waals surface area contributed by atoms with Gasteiger partial charge < -0.3 is 4.52 Å². The van der Waals surface area contributed by atoms with E-state index in [2.05, 4.69) is 9.42 Å². The Balaban J connectivity index is 6.74. The molecule has 0 bridgehead atoms. The Hall–Kier alpha value is -0.750. The lowest BCUT2D eigenvalue weighted by Gasteiger charge is -2.59. The van der Waals surface area contributed by atoms with Crippen molar-refractivity contribution in [2.45, 2.75) is 96.6 Å². The van der Waals surface area contributed by atoms with Gasteiger partial charge >= 0.3 is 24.0 Å². The molecule has 2 unspecified atom stereocenters. The molecule has 0 spiro atoms. The van der Waals surface area contributed by atoms with Gasteiger partial charge in [0.2, 0.25) is 0 Å². The summed E-state index contributed by atoms with van der Waals surface area (Å²) in [6.07, 6.45) is -3.07. The van der Waals surface area contributed by atoms with Crippen molar-refractivity contribution < 1.29 is 40.1 Å². The molecular weight excluding hydrogens is 528 g/mol. The van der Waals surface area contributed by atoms with E-state index < -0.39 is 38.7 Å². The van der Waals surface area contributed by atoms with Crippen LogP contribution in [0.25, 0.3) is 0 Å². The Bertz CT molecular complexity index is 676. The third kappa shape index (κ3) is 7.90. The second-order valence-corrected chi connectivity index (χ2v) is 10.0. The Morgan fingerprint density at radius 1 is 0.811 bits per heavy atom. The lowest BCUT2D eigenvalue weighted by molar-refractivity contribution is -0.346. The van der Waals surface area contributed by atoms with E-state index in [4.69, 9.17) is 0 Å². The van der Waals surface area contributed by atoms with Crippen LogP contribution in [0, 0.1) is 0 Å². The van der Waals surface area contributed by atoms with Crippen LogP contribution in [0.5, 0.6) is 0 Å². The number of rotatable bonds is 18. The largest absolute Gasteiger partial charge is 0.460 e. The monoisotopic (exact) mass is 572 g/mol. The molecule has 0 aliphatic carbocycles. The fourth-order valence-corrected chi connectivity index (χ4v) is 5.52. The van der Waals surface area contributed by atoms with Gasteiger partial charge in [0.15, 0.2) is 14.7 Å². The highest BCUT2D eigenvalue weighted by atomic mass is 31.1. The number of carbonyl (C=O) groups excluding carboxylic acids is 1. The van der Waals surface area contributed by atoms with Crippen molar-refractivity contribution in [3.63, 3.8) is 0 Å². The molecule has 37 heavy (non-hydrogen) atoms. The van der Waals surface area contributed by atoms with Crippen molar-refractivity contribution in [2.24, 2.45) is 0 Å². The number of likely N-dealkylation sites (N-methyl/N-ethyl adjacent to an activating group) is 3. The molecule has 0 aromatic heterocycles. The summed E-state index contributed by atoms with van der Waals surface area (Å²) in [7, 11) is 4.33. The van der Waals surface area contributed by atoms with Crippen molar-refractivity contribution in [3.8, 4) is 0 Å². The Morgan fingerprint density at radius 3 is 1.70 bits per heavy atom. The number of carbonyl (C=O) groups is 1. The second-order valence-electron chi connectivity index (χ2n) is 9.08. The molecule has 0 aromatic carbocycles. The molecule has 0 amide bonds. The number of nitrogens with zero attached hydrogens (tertiary/aromatic N) is 4. The van der Waals surface area contributed by atoms with E-state index in [9.17, 15) is 35.5 Å². The molecular formula is C23H44F7N4O2P. The predicted octanol–water partition coefficient (Wildman–Crippen LogP) is 6.04. The first-order chi connectivity index (χ1) is 17.0. The third-order valence-electron chi connectivity index (χ3n) is 6.75. The maximum Gasteiger partial charge on any atom is 0.460 e. The minimum absolute atomic E-state index is 0.243. The van der Waals surface area contributed by atoms with Gasteiger partial charge in [0.25, 0.3) is 0 Å². The standard InChI is InChI=1S/C23H44F7N4O2P/c1-9-14-15-17-34(37-36-19(35)20(24,25)22(26,27)23(28,29)30)21(32(7)12-4,33(8)13-5)18(16-10-2)31(6)11-3/h18,37H,9-17H2,1-8H3. The van der Waals surface area contributed by atoms with Crippen LogP contribution in [0.2, 0.25) is 0 Å². The highest BCUT2D eigenvalue weighted by molar-refractivity contribution is 7.30. The van der Waals surface area contributed by atoms with Crippen LogP contribution < -0.4 is 0 Å². The maximum absolute atomic E-state index is 14.1. The molecule has 0 saturated heterocycles. The smallest absolute Gasteiger partial charge is 0.426 e. The van der Waals surface area contributed by atoms with Gasteiger partial charge in [0.05, 0.1) is 6.04 Å². The molecule has 0 aliphatic heterocycles. The molecule has 0 saturated carbocycles. The zero-order chi connectivity index (χ0) is 29.2. The summed E-state index contributed by atoms with van der Waals surface area (Å²) in [5.41, 5.74) is 0. The van der Waals surface area contributed by atoms with Crippen molar-refractivity contribution in [3.05, 3.63) is 0 Å². The van der Waals surface area contributed by atoms with Gasteiger partial charge in [-0.1, -0.05) is 53.9 Å². The topological polar surface area (TPSA) is 39.3 Å². The molecule has 6 nitrogen and oxygen atoms in total. The molecule has 0 aliphatic rings. The predicted molar refractivity (Wildman–Crippen MR) is 133 cm³/mol. The average Bonchev–Trinajstić information content (AvgIpc) is 2.84. The van der Waals surface area contributed by atoms with Crippen LogP contribution in [0.15, 0.2) is 0 Å². The lowest BCUT2D eigenvalue weighted by atomic mass is 9.98. The molecule has 0 radical (unpaired) electrons. The van der Waals surface area contributed by atoms with Crippen LogP contribution >= 0.6 is 8.96 Å². The van der Waals surface area contributed by atoms with Gasteiger partial charge in [-0.15, -0.1) is 0 Å². The van der Waals surface area contributed by atoms with Crippen molar-refractivity contribution in [1.82, 2.24) is 19.4 Å². The van der Waals surface area contributed by atoms with Crippen molar-refractivity contribution in [2.75, 3.05) is 47.3 Å². The highest BCUT2D eigenvalue weighted by Crippen LogP contribution is 2.48. The number of unbranched alkanes of at least 4 members (excludes halogenated alkanes) is 2. The summed E-state index contributed by atoms with van der Waals surface area (Å²) in [5.74, 6) is -16.6. The first kappa shape index (κ1) is 36.2. The maximum atomic E-state index is 14.1. The molecule has 0 N–H and O–H groups in total. The number of hydrogen-bond acceptors (Lipinski definition) is 6. The highest BCUT2D eigenvalue weighted by Gasteiger charge is 2.77. The molecule has 0 rings (SSSR count). The summed E-state index contributed by atoms with van der Waals surface area (Å²) in [6, 6.07) is -0.248. The van der Waals surface area contributed by atoms with Gasteiger partial charge in [-0.05, 0) is 53.6 Å². The molecule has 222 valence electrons. The number of hydrogen-bond donors (Lipinski definition) is 0. The van der Waals surface area contributed by atoms with E-state index in [0.29, 0.717) is 32.5 Å². The molecule has 2 atom stereocenters. The molecule has 0 heterocycles. The van der Waals surface area contributed by atoms with E-state index in [1.54, 1.807) is 4.67 Å². The van der Waals surface area contributed by atoms with E-state index in [1.807, 2.05) is 65.6 Å². The third-order valence-corrected chi connectivity index (χ3v) is 7.80. The van der Waals surface area contributed by atoms with Crippen LogP contribution in [0.1, 0.15) is 66.7 Å². The Labute approximate surface area is 218 Å². The quantitative estimate of drug-likeness (QED) is 0.0864. The Morgan fingerprint density at radius 2 is 1.32 bits per heavy atom. The summed E-state index contributed by atoms with van der Waals surface area (Å²) in [6.45, 7) is 11.5. The van der Waals surface area contributed by atoms with Gasteiger partial charge in [0.1, 0.15) is 0 Å². The Kier molecular flexibility index (Phi) is 14.8. The number of halogens is 7. The zero-order valence-electron chi connectivity index (χ0n) is 23.2. The fraction of sp³-hybridized carbons (Fsp3) is 0.957. The summed E-state index contributed by atoms with van der Waals surface area (Å²) >= 11 is 0. The normalized spacial score (nSPS) is 15.1. The second kappa shape index (κ2) is 15.1. The average molecular weight is 573 g/mol. The summed E-state index contributed by atoms with van der Waals surface area (Å²) in [5, 5.41) is 0. The zero-order valence-corrected chi connectivity index (χ0v) is 24.2. The minimum atomic E-state index is -6.62. The molecule has 14 heteroatoms. The number of alkyl halides is 7. The van der Waals surface area contributed by atoms with E-state index >= 15 is 0 Å². The van der Waals surface area contributed by atoms with Crippen LogP contribution in [0.4, 0.5) is 30.7 Å². The lowest BCUT2D eigenvalue weighted by Crippen LogP contribution is -2.74. The summed E-state index contributed by atoms with van der Waals surface area (Å²) < 4.78 is 99.3. The SMILES string of the molecule is CCCCCN(POC(=O)C(F)(F)C(F)(F)C(F)(F)F)C(C(CCC)N(C)CC)(N(C)CC)N(C)CC. The van der Waals surface area contributed by atoms with Gasteiger partial charge in [-0.2, -0.15) is 30.7 Å². The van der Waals surface area contributed by atoms with E-state index in [-0.39, 0.29) is 12.6 Å². The molecule has 0 aromatic rings. The van der Waals surface area contributed by atoms with E-state index in [0.717, 1.165) is 19.3 Å². The summed E-state index contributed by atoms with van der Waals surface area (Å²) in [4.78, 5) is 18.1. The first-order valence-electron chi connectivity index (χ1n) is 12.7. The van der Waals surface area contributed by atoms with Crippen molar-refractivity contribution >= 4 is 14.9 Å². The van der Waals surface area contributed by atoms with Crippen LogP contribution in [0.3, 0.4) is 0 Å². The van der Waals surface area contributed by atoms with Gasteiger partial charge in [0, 0.05) is 6.54 Å². The van der Waals surface area contributed by atoms with Gasteiger partial charge in [-0.3, -0.25) is 14.7 Å². The van der Waals surface area contributed by atoms with Crippen LogP contribution in [-0.2, 0) is 9.32 Å².